The number of hydrogen-bond donors (Lipinski definition) is 1. The minimum absolute atomic E-state index is 0.00694. The summed E-state index contributed by atoms with van der Waals surface area (Å²) in [6.45, 7) is 1.39. The number of piperazine rings is 1. The number of carbonyl (C=O) groups excluding carboxylic acids is 2. The first kappa shape index (κ1) is 26.6. The highest BCUT2D eigenvalue weighted by molar-refractivity contribution is 5.97. The first-order valence-electron chi connectivity index (χ1n) is 13.9. The number of carbonyl (C=O) groups is 2. The Morgan fingerprint density at radius 1 is 0.744 bits per heavy atom. The van der Waals surface area contributed by atoms with Gasteiger partial charge >= 0.3 is 0 Å². The summed E-state index contributed by atoms with van der Waals surface area (Å²) < 4.78 is 0. The van der Waals surface area contributed by atoms with Crippen LogP contribution in [0.5, 0.6) is 0 Å². The number of fused-ring (bicyclic) bond motifs is 1. The van der Waals surface area contributed by atoms with E-state index in [2.05, 4.69) is 91.0 Å². The van der Waals surface area contributed by atoms with Crippen molar-refractivity contribution in [3.8, 4) is 11.1 Å². The van der Waals surface area contributed by atoms with Crippen LogP contribution >= 0.6 is 0 Å². The maximum atomic E-state index is 13.9. The van der Waals surface area contributed by atoms with Crippen molar-refractivity contribution >= 4 is 22.6 Å². The van der Waals surface area contributed by atoms with E-state index in [4.69, 9.17) is 0 Å². The monoisotopic (exact) mass is 519 g/mol. The Labute approximate surface area is 231 Å². The first-order chi connectivity index (χ1) is 19.0. The number of rotatable bonds is 10. The molecule has 1 saturated heterocycles. The molecule has 4 aromatic rings. The van der Waals surface area contributed by atoms with Crippen molar-refractivity contribution in [2.75, 3.05) is 20.6 Å². The van der Waals surface area contributed by atoms with Gasteiger partial charge in [-0.1, -0.05) is 97.1 Å². The standard InChI is InChI=1S/C34H37N3O2/c1-36(2)21-9-8-14-32-33(38)35-31(23-26-17-20-28-12-6-7-13-30(28)22-26)34(39)37(32)24-25-15-18-29(19-16-25)27-10-4-3-5-11-27/h3-7,10-13,15-20,22,31-32H,8-9,14,21,23-24H2,1-2H3,(H,35,38)/t31-,32-/m0/s1. The summed E-state index contributed by atoms with van der Waals surface area (Å²) in [6.07, 6.45) is 3.02. The average Bonchev–Trinajstić information content (AvgIpc) is 2.95. The van der Waals surface area contributed by atoms with E-state index in [0.29, 0.717) is 19.4 Å². The quantitative estimate of drug-likeness (QED) is 0.275. The summed E-state index contributed by atoms with van der Waals surface area (Å²) in [7, 11) is 4.11. The summed E-state index contributed by atoms with van der Waals surface area (Å²) in [6, 6.07) is 32.0. The van der Waals surface area contributed by atoms with E-state index in [9.17, 15) is 9.59 Å². The zero-order valence-electron chi connectivity index (χ0n) is 22.8. The molecule has 0 radical (unpaired) electrons. The Bertz CT molecular complexity index is 1420. The van der Waals surface area contributed by atoms with Crippen LogP contribution in [-0.2, 0) is 22.6 Å². The fourth-order valence-electron chi connectivity index (χ4n) is 5.44. The molecule has 0 unspecified atom stereocenters. The molecule has 0 aliphatic carbocycles. The summed E-state index contributed by atoms with van der Waals surface area (Å²) in [5.74, 6) is -0.0568. The van der Waals surface area contributed by atoms with Crippen LogP contribution in [0.3, 0.4) is 0 Å². The van der Waals surface area contributed by atoms with Gasteiger partial charge in [0.05, 0.1) is 0 Å². The summed E-state index contributed by atoms with van der Waals surface area (Å²) in [4.78, 5) is 31.3. The van der Waals surface area contributed by atoms with E-state index in [-0.39, 0.29) is 11.8 Å². The molecule has 0 aromatic heterocycles. The van der Waals surface area contributed by atoms with Crippen LogP contribution in [-0.4, -0.2) is 54.3 Å². The van der Waals surface area contributed by atoms with Crippen LogP contribution in [0, 0.1) is 0 Å². The normalized spacial score (nSPS) is 17.6. The van der Waals surface area contributed by atoms with E-state index >= 15 is 0 Å². The molecule has 1 N–H and O–H groups in total. The van der Waals surface area contributed by atoms with Gasteiger partial charge in [0.1, 0.15) is 12.1 Å². The second kappa shape index (κ2) is 12.3. The highest BCUT2D eigenvalue weighted by Gasteiger charge is 2.40. The predicted molar refractivity (Wildman–Crippen MR) is 158 cm³/mol. The van der Waals surface area contributed by atoms with E-state index in [0.717, 1.165) is 47.0 Å². The summed E-state index contributed by atoms with van der Waals surface area (Å²) in [5, 5.41) is 5.37. The number of amides is 2. The fraction of sp³-hybridized carbons (Fsp3) is 0.294. The lowest BCUT2D eigenvalue weighted by molar-refractivity contribution is -0.150. The lowest BCUT2D eigenvalue weighted by Crippen LogP contribution is -2.63. The maximum Gasteiger partial charge on any atom is 0.246 e. The molecule has 5 heteroatoms. The second-order valence-corrected chi connectivity index (χ2v) is 10.8. The molecule has 200 valence electrons. The molecule has 2 amide bonds. The largest absolute Gasteiger partial charge is 0.342 e. The van der Waals surface area contributed by atoms with Gasteiger partial charge in [-0.3, -0.25) is 9.59 Å². The molecule has 4 aromatic carbocycles. The molecule has 1 aliphatic heterocycles. The van der Waals surface area contributed by atoms with Gasteiger partial charge in [-0.2, -0.15) is 0 Å². The molecule has 0 saturated carbocycles. The lowest BCUT2D eigenvalue weighted by Gasteiger charge is -2.39. The van der Waals surface area contributed by atoms with Gasteiger partial charge in [0.15, 0.2) is 0 Å². The molecule has 0 bridgehead atoms. The van der Waals surface area contributed by atoms with Crippen LogP contribution in [0.4, 0.5) is 0 Å². The molecule has 2 atom stereocenters. The molecule has 39 heavy (non-hydrogen) atoms. The smallest absolute Gasteiger partial charge is 0.246 e. The average molecular weight is 520 g/mol. The minimum Gasteiger partial charge on any atom is -0.342 e. The van der Waals surface area contributed by atoms with Gasteiger partial charge in [-0.05, 0) is 72.9 Å². The zero-order valence-corrected chi connectivity index (χ0v) is 22.8. The van der Waals surface area contributed by atoms with E-state index in [1.54, 1.807) is 0 Å². The second-order valence-electron chi connectivity index (χ2n) is 10.8. The van der Waals surface area contributed by atoms with E-state index in [1.165, 1.54) is 5.39 Å². The Kier molecular flexibility index (Phi) is 8.38. The van der Waals surface area contributed by atoms with Crippen molar-refractivity contribution in [1.82, 2.24) is 15.1 Å². The molecule has 5 nitrogen and oxygen atoms in total. The number of hydrogen-bond acceptors (Lipinski definition) is 3. The van der Waals surface area contributed by atoms with E-state index < -0.39 is 12.1 Å². The molecule has 1 heterocycles. The Balaban J connectivity index is 1.35. The van der Waals surface area contributed by atoms with Gasteiger partial charge in [-0.25, -0.2) is 0 Å². The third-order valence-electron chi connectivity index (χ3n) is 7.58. The number of nitrogens with one attached hydrogen (secondary N) is 1. The van der Waals surface area contributed by atoms with Crippen molar-refractivity contribution in [3.05, 3.63) is 108 Å². The van der Waals surface area contributed by atoms with Crippen molar-refractivity contribution in [3.63, 3.8) is 0 Å². The maximum absolute atomic E-state index is 13.9. The predicted octanol–water partition coefficient (Wildman–Crippen LogP) is 5.68. The molecule has 1 fully saturated rings. The third kappa shape index (κ3) is 6.55. The summed E-state index contributed by atoms with van der Waals surface area (Å²) in [5.41, 5.74) is 4.37. The van der Waals surface area contributed by atoms with Gasteiger partial charge in [0.25, 0.3) is 0 Å². The molecule has 1 aliphatic rings. The van der Waals surface area contributed by atoms with Crippen molar-refractivity contribution in [2.24, 2.45) is 0 Å². The van der Waals surface area contributed by atoms with Crippen LogP contribution in [0.1, 0.15) is 30.4 Å². The fourth-order valence-corrected chi connectivity index (χ4v) is 5.44. The number of nitrogens with zero attached hydrogens (tertiary/aromatic N) is 2. The minimum atomic E-state index is -0.569. The van der Waals surface area contributed by atoms with Crippen LogP contribution in [0.15, 0.2) is 97.1 Å². The topological polar surface area (TPSA) is 52.7 Å². The zero-order chi connectivity index (χ0) is 27.2. The van der Waals surface area contributed by atoms with Crippen molar-refractivity contribution in [2.45, 2.75) is 44.3 Å². The van der Waals surface area contributed by atoms with Crippen molar-refractivity contribution < 1.29 is 9.59 Å². The highest BCUT2D eigenvalue weighted by Crippen LogP contribution is 2.24. The summed E-state index contributed by atoms with van der Waals surface area (Å²) >= 11 is 0. The lowest BCUT2D eigenvalue weighted by atomic mass is 9.95. The third-order valence-corrected chi connectivity index (χ3v) is 7.58. The van der Waals surface area contributed by atoms with Crippen LogP contribution in [0.2, 0.25) is 0 Å². The molecule has 0 spiro atoms. The first-order valence-corrected chi connectivity index (χ1v) is 13.9. The van der Waals surface area contributed by atoms with Gasteiger partial charge in [0, 0.05) is 13.0 Å². The molecule has 5 rings (SSSR count). The number of benzene rings is 4. The number of unbranched alkanes of at least 4 members (excludes halogenated alkanes) is 1. The van der Waals surface area contributed by atoms with Gasteiger partial charge in [0.2, 0.25) is 11.8 Å². The van der Waals surface area contributed by atoms with Gasteiger partial charge in [-0.15, -0.1) is 0 Å². The van der Waals surface area contributed by atoms with E-state index in [1.807, 2.05) is 35.2 Å². The van der Waals surface area contributed by atoms with Crippen LogP contribution < -0.4 is 5.32 Å². The Morgan fingerprint density at radius 3 is 2.15 bits per heavy atom. The highest BCUT2D eigenvalue weighted by atomic mass is 16.2. The molecular weight excluding hydrogens is 482 g/mol. The van der Waals surface area contributed by atoms with Crippen LogP contribution in [0.25, 0.3) is 21.9 Å². The van der Waals surface area contributed by atoms with Crippen molar-refractivity contribution in [1.29, 1.82) is 0 Å². The Morgan fingerprint density at radius 2 is 1.41 bits per heavy atom. The SMILES string of the molecule is CN(C)CCCC[C@H]1C(=O)N[C@@H](Cc2ccc3ccccc3c2)C(=O)N1Cc1ccc(-c2ccccc2)cc1. The Hall–Kier alpha value is -3.96. The molecular formula is C34H37N3O2. The van der Waals surface area contributed by atoms with Gasteiger partial charge < -0.3 is 15.1 Å².